The molecule has 0 aliphatic carbocycles. The Hall–Kier alpha value is -0.393. The lowest BCUT2D eigenvalue weighted by Gasteiger charge is -2.41. The molecule has 0 spiro atoms. The van der Waals surface area contributed by atoms with Gasteiger partial charge in [-0.1, -0.05) is 79.1 Å². The van der Waals surface area contributed by atoms with Gasteiger partial charge in [0.2, 0.25) is 0 Å². The second-order valence-corrected chi connectivity index (χ2v) is 15.8. The highest BCUT2D eigenvalue weighted by molar-refractivity contribution is 6.74. The number of ether oxygens (including phenoxy) is 2. The molecule has 5 heteroatoms. The Morgan fingerprint density at radius 2 is 1.60 bits per heavy atom. The number of hydrogen-bond acceptors (Lipinski definition) is 4. The molecule has 0 aromatic rings. The summed E-state index contributed by atoms with van der Waals surface area (Å²) in [5.74, 6) is -0.0694. The fraction of sp³-hybridized carbons (Fsp3) is 0.960. The maximum atomic E-state index is 11.5. The van der Waals surface area contributed by atoms with Crippen molar-refractivity contribution < 1.29 is 18.7 Å². The molecule has 2 heterocycles. The van der Waals surface area contributed by atoms with Crippen LogP contribution in [0.4, 0.5) is 0 Å². The predicted molar refractivity (Wildman–Crippen MR) is 126 cm³/mol. The van der Waals surface area contributed by atoms with Crippen LogP contribution in [0.25, 0.3) is 0 Å². The van der Waals surface area contributed by atoms with Crippen molar-refractivity contribution in [3.63, 3.8) is 0 Å². The lowest BCUT2D eigenvalue weighted by molar-refractivity contribution is -0.148. The van der Waals surface area contributed by atoms with E-state index in [1.165, 1.54) is 51.4 Å². The minimum atomic E-state index is -1.86. The highest BCUT2D eigenvalue weighted by Gasteiger charge is 2.44. The zero-order valence-corrected chi connectivity index (χ0v) is 21.6. The molecule has 2 saturated heterocycles. The number of carbonyl (C=O) groups is 1. The fourth-order valence-corrected chi connectivity index (χ4v) is 5.78. The predicted octanol–water partition coefficient (Wildman–Crippen LogP) is 7.16. The summed E-state index contributed by atoms with van der Waals surface area (Å²) in [5.41, 5.74) is 0. The lowest BCUT2D eigenvalue weighted by atomic mass is 10.0. The molecule has 0 saturated carbocycles. The van der Waals surface area contributed by atoms with Crippen LogP contribution in [0.1, 0.15) is 111 Å². The number of carbonyl (C=O) groups excluding carboxylic acids is 1. The van der Waals surface area contributed by atoms with Crippen molar-refractivity contribution in [3.8, 4) is 0 Å². The molecule has 4 nitrogen and oxygen atoms in total. The Balaban J connectivity index is 1.86. The molecule has 176 valence electrons. The lowest BCUT2D eigenvalue weighted by Crippen LogP contribution is -2.47. The average Bonchev–Trinajstić information content (AvgIpc) is 3.31. The Morgan fingerprint density at radius 3 is 2.17 bits per heavy atom. The molecular formula is C25H48O4Si. The monoisotopic (exact) mass is 440 g/mol. The standard InChI is InChI=1S/C25H48O4Si/c1-7-8-9-10-11-12-13-14-15-23(29-30(5,6)25(2,3)4)22-17-16-20(27-22)21-18-19-24(26)28-21/h20-23H,7-19H2,1-6H3/t20-,21+,22-,23-/m0/s1. The van der Waals surface area contributed by atoms with Crippen molar-refractivity contribution in [2.24, 2.45) is 0 Å². The van der Waals surface area contributed by atoms with E-state index < -0.39 is 8.32 Å². The van der Waals surface area contributed by atoms with Gasteiger partial charge < -0.3 is 13.9 Å². The van der Waals surface area contributed by atoms with Gasteiger partial charge in [0.15, 0.2) is 8.32 Å². The van der Waals surface area contributed by atoms with E-state index in [0.717, 1.165) is 25.7 Å². The first-order valence-electron chi connectivity index (χ1n) is 12.7. The highest BCUT2D eigenvalue weighted by Crippen LogP contribution is 2.40. The molecule has 2 rings (SSSR count). The summed E-state index contributed by atoms with van der Waals surface area (Å²) in [6.45, 7) is 13.9. The van der Waals surface area contributed by atoms with Gasteiger partial charge in [-0.15, -0.1) is 0 Å². The average molecular weight is 441 g/mol. The summed E-state index contributed by atoms with van der Waals surface area (Å²) in [6, 6.07) is 0. The van der Waals surface area contributed by atoms with Gasteiger partial charge in [-0.05, 0) is 43.8 Å². The van der Waals surface area contributed by atoms with Gasteiger partial charge >= 0.3 is 5.97 Å². The third-order valence-electron chi connectivity index (χ3n) is 7.42. The molecule has 2 aliphatic rings. The minimum Gasteiger partial charge on any atom is -0.460 e. The van der Waals surface area contributed by atoms with E-state index in [-0.39, 0.29) is 35.4 Å². The van der Waals surface area contributed by atoms with Crippen molar-refractivity contribution in [1.82, 2.24) is 0 Å². The van der Waals surface area contributed by atoms with Crippen LogP contribution < -0.4 is 0 Å². The molecule has 2 aliphatic heterocycles. The Morgan fingerprint density at radius 1 is 0.967 bits per heavy atom. The van der Waals surface area contributed by atoms with E-state index in [1.807, 2.05) is 0 Å². The van der Waals surface area contributed by atoms with Crippen molar-refractivity contribution in [2.75, 3.05) is 0 Å². The van der Waals surface area contributed by atoms with Crippen LogP contribution in [-0.2, 0) is 18.7 Å². The van der Waals surface area contributed by atoms with Crippen LogP contribution in [0.5, 0.6) is 0 Å². The molecule has 4 atom stereocenters. The normalized spacial score (nSPS) is 26.2. The number of rotatable bonds is 13. The molecule has 30 heavy (non-hydrogen) atoms. The van der Waals surface area contributed by atoms with Gasteiger partial charge in [-0.2, -0.15) is 0 Å². The van der Waals surface area contributed by atoms with Crippen LogP contribution in [0, 0.1) is 0 Å². The van der Waals surface area contributed by atoms with Crippen molar-refractivity contribution in [3.05, 3.63) is 0 Å². The van der Waals surface area contributed by atoms with Gasteiger partial charge in [0.05, 0.1) is 18.3 Å². The first kappa shape index (κ1) is 25.9. The Bertz CT molecular complexity index is 514. The van der Waals surface area contributed by atoms with Crippen LogP contribution >= 0.6 is 0 Å². The summed E-state index contributed by atoms with van der Waals surface area (Å²) in [5, 5.41) is 0.198. The summed E-state index contributed by atoms with van der Waals surface area (Å²) < 4.78 is 18.8. The molecule has 0 N–H and O–H groups in total. The number of cyclic esters (lactones) is 1. The molecule has 0 aromatic carbocycles. The van der Waals surface area contributed by atoms with Gasteiger partial charge in [0, 0.05) is 6.42 Å². The third-order valence-corrected chi connectivity index (χ3v) is 11.9. The molecule has 0 radical (unpaired) electrons. The van der Waals surface area contributed by atoms with E-state index in [2.05, 4.69) is 40.8 Å². The maximum absolute atomic E-state index is 11.5. The second-order valence-electron chi connectivity index (χ2n) is 11.0. The largest absolute Gasteiger partial charge is 0.460 e. The van der Waals surface area contributed by atoms with Crippen molar-refractivity contribution in [2.45, 2.75) is 154 Å². The van der Waals surface area contributed by atoms with E-state index in [4.69, 9.17) is 13.9 Å². The van der Waals surface area contributed by atoms with E-state index in [9.17, 15) is 4.79 Å². The van der Waals surface area contributed by atoms with Gasteiger partial charge in [-0.25, -0.2) is 0 Å². The van der Waals surface area contributed by atoms with Gasteiger partial charge in [0.25, 0.3) is 0 Å². The van der Waals surface area contributed by atoms with Gasteiger partial charge in [0.1, 0.15) is 6.10 Å². The van der Waals surface area contributed by atoms with Crippen LogP contribution in [0.3, 0.4) is 0 Å². The molecule has 0 unspecified atom stereocenters. The van der Waals surface area contributed by atoms with Crippen molar-refractivity contribution >= 4 is 14.3 Å². The zero-order valence-electron chi connectivity index (χ0n) is 20.6. The van der Waals surface area contributed by atoms with Crippen LogP contribution in [0.15, 0.2) is 0 Å². The van der Waals surface area contributed by atoms with Crippen molar-refractivity contribution in [1.29, 1.82) is 0 Å². The Kier molecular flexibility index (Phi) is 10.4. The van der Waals surface area contributed by atoms with Gasteiger partial charge in [-0.3, -0.25) is 4.79 Å². The van der Waals surface area contributed by atoms with E-state index in [0.29, 0.717) is 6.42 Å². The summed E-state index contributed by atoms with van der Waals surface area (Å²) in [7, 11) is -1.86. The number of unbranched alkanes of at least 4 members (excludes halogenated alkanes) is 7. The minimum absolute atomic E-state index is 0.0425. The van der Waals surface area contributed by atoms with Crippen LogP contribution in [0.2, 0.25) is 18.1 Å². The number of hydrogen-bond donors (Lipinski definition) is 0. The second kappa shape index (κ2) is 12.0. The number of esters is 1. The maximum Gasteiger partial charge on any atom is 0.306 e. The molecular weight excluding hydrogens is 392 g/mol. The summed E-state index contributed by atoms with van der Waals surface area (Å²) in [6.07, 6.45) is 15.4. The Labute approximate surface area is 186 Å². The quantitative estimate of drug-likeness (QED) is 0.173. The third kappa shape index (κ3) is 7.94. The summed E-state index contributed by atoms with van der Waals surface area (Å²) >= 11 is 0. The summed E-state index contributed by atoms with van der Waals surface area (Å²) in [4.78, 5) is 11.5. The zero-order chi connectivity index (χ0) is 22.2. The smallest absolute Gasteiger partial charge is 0.306 e. The molecule has 0 amide bonds. The SMILES string of the molecule is CCCCCCCCCC[C@H](O[Si](C)(C)C(C)(C)C)[C@@H]1CC[C@@H]([C@H]2CCC(=O)O2)O1. The first-order chi connectivity index (χ1) is 14.1. The fourth-order valence-electron chi connectivity index (χ4n) is 4.40. The van der Waals surface area contributed by atoms with E-state index >= 15 is 0 Å². The van der Waals surface area contributed by atoms with E-state index in [1.54, 1.807) is 0 Å². The topological polar surface area (TPSA) is 44.8 Å². The highest BCUT2D eigenvalue weighted by atomic mass is 28.4. The molecule has 0 aromatic heterocycles. The first-order valence-corrected chi connectivity index (χ1v) is 15.6. The molecule has 0 bridgehead atoms. The molecule has 2 fully saturated rings. The van der Waals surface area contributed by atoms with Crippen LogP contribution in [-0.4, -0.2) is 38.7 Å².